The lowest BCUT2D eigenvalue weighted by molar-refractivity contribution is -0.114. The topological polar surface area (TPSA) is 100 Å². The summed E-state index contributed by atoms with van der Waals surface area (Å²) < 4.78 is 143. The molecule has 0 saturated heterocycles. The molecule has 0 fully saturated rings. The summed E-state index contributed by atoms with van der Waals surface area (Å²) in [4.78, 5) is 22.6. The third-order valence-electron chi connectivity index (χ3n) is 5.13. The van der Waals surface area contributed by atoms with Gasteiger partial charge in [-0.15, -0.1) is 0 Å². The number of aromatic nitrogens is 2. The zero-order valence-corrected chi connectivity index (χ0v) is 22.7. The predicted molar refractivity (Wildman–Crippen MR) is 162 cm³/mol. The van der Waals surface area contributed by atoms with Gasteiger partial charge in [0.1, 0.15) is 24.1 Å². The van der Waals surface area contributed by atoms with Gasteiger partial charge in [-0.3, -0.25) is 14.8 Å². The molecule has 0 aliphatic carbocycles. The zero-order chi connectivity index (χ0) is 43.3. The van der Waals surface area contributed by atoms with E-state index in [2.05, 4.69) is 15.3 Å². The van der Waals surface area contributed by atoms with Gasteiger partial charge in [0.2, 0.25) is 0 Å². The summed E-state index contributed by atoms with van der Waals surface area (Å²) in [6.45, 7) is -8.38. The van der Waals surface area contributed by atoms with E-state index < -0.39 is 142 Å². The second kappa shape index (κ2) is 13.8. The standard InChI is InChI=1S/C32H32ClN5O3/c1-5-40-31-17-29-27(15-22(31)14-26(39)10-7-13-38(3)4)32(23(18-34)19-35-29)37-24-11-12-30(28(33)16-24)41-20-25-9-6-8-21(2)36-25/h6-12,15-17,19H,5,13-14,20H2,1-4H3,(H,35,37)/b10-7+/i1D3,5D2,6D,8D,9D,11D,12D,15D,16D,17D,19D,20D2. The molecule has 0 bridgehead atoms. The van der Waals surface area contributed by atoms with Gasteiger partial charge >= 0.3 is 0 Å². The Kier molecular flexibility index (Phi) is 5.02. The molecule has 2 heterocycles. The number of nitrogens with zero attached hydrogens (tertiary/aromatic N) is 4. The smallest absolute Gasteiger partial charge is 0.159 e. The number of hydrogen-bond donors (Lipinski definition) is 1. The maximum absolute atomic E-state index is 13.1. The predicted octanol–water partition coefficient (Wildman–Crippen LogP) is 6.41. The number of carbonyl (C=O) groups excluding carboxylic acids is 1. The summed E-state index contributed by atoms with van der Waals surface area (Å²) in [5.74, 6) is -2.42. The van der Waals surface area contributed by atoms with Crippen LogP contribution in [0.3, 0.4) is 0 Å². The molecule has 4 rings (SSSR count). The maximum Gasteiger partial charge on any atom is 0.159 e. The van der Waals surface area contributed by atoms with Gasteiger partial charge in [-0.2, -0.15) is 5.26 Å². The first-order valence-electron chi connectivity index (χ1n) is 19.8. The minimum atomic E-state index is -3.47. The van der Waals surface area contributed by atoms with Gasteiger partial charge < -0.3 is 19.7 Å². The van der Waals surface area contributed by atoms with Crippen LogP contribution in [-0.2, 0) is 17.8 Å². The molecule has 0 aliphatic rings. The first-order valence-corrected chi connectivity index (χ1v) is 12.2. The number of hydrogen-bond acceptors (Lipinski definition) is 8. The van der Waals surface area contributed by atoms with Crippen LogP contribution in [0.15, 0.2) is 66.7 Å². The average molecular weight is 586 g/mol. The number of rotatable bonds is 12. The van der Waals surface area contributed by atoms with Crippen LogP contribution in [0.1, 0.15) is 51.3 Å². The van der Waals surface area contributed by atoms with E-state index in [0.717, 1.165) is 6.08 Å². The molecule has 0 saturated carbocycles. The lowest BCUT2D eigenvalue weighted by Gasteiger charge is -2.16. The number of fused-ring (bicyclic) bond motifs is 1. The Morgan fingerprint density at radius 2 is 2.10 bits per heavy atom. The number of halogens is 1. The van der Waals surface area contributed by atoms with Crippen LogP contribution in [0.5, 0.6) is 11.5 Å². The second-order valence-corrected chi connectivity index (χ2v) is 8.90. The molecule has 0 aliphatic heterocycles. The van der Waals surface area contributed by atoms with Crippen LogP contribution in [0, 0.1) is 18.3 Å². The highest BCUT2D eigenvalue weighted by Crippen LogP contribution is 2.36. The van der Waals surface area contributed by atoms with Crippen LogP contribution in [0.2, 0.25) is 5.02 Å². The number of nitriles is 1. The molecule has 0 radical (unpaired) electrons. The number of anilines is 2. The molecule has 8 nitrogen and oxygen atoms in total. The molecule has 210 valence electrons. The van der Waals surface area contributed by atoms with Crippen molar-refractivity contribution in [3.8, 4) is 17.6 Å². The number of aryl methyl sites for hydroxylation is 1. The van der Waals surface area contributed by atoms with Crippen molar-refractivity contribution in [1.29, 1.82) is 5.26 Å². The van der Waals surface area contributed by atoms with Gasteiger partial charge in [-0.05, 0) is 70.2 Å². The highest BCUT2D eigenvalue weighted by molar-refractivity contribution is 6.32. The van der Waals surface area contributed by atoms with E-state index in [1.54, 1.807) is 25.1 Å². The third kappa shape index (κ3) is 7.82. The molecule has 4 aromatic rings. The molecule has 0 atom stereocenters. The van der Waals surface area contributed by atoms with Crippen molar-refractivity contribution in [3.05, 3.63) is 94.2 Å². The molecule has 41 heavy (non-hydrogen) atoms. The van der Waals surface area contributed by atoms with Gasteiger partial charge in [0.15, 0.2) is 5.78 Å². The minimum Gasteiger partial charge on any atom is -0.494 e. The van der Waals surface area contributed by atoms with Crippen molar-refractivity contribution < 1.29 is 36.2 Å². The second-order valence-electron chi connectivity index (χ2n) is 8.52. The van der Waals surface area contributed by atoms with E-state index in [1.165, 1.54) is 13.0 Å². The van der Waals surface area contributed by atoms with Crippen molar-refractivity contribution >= 4 is 39.7 Å². The van der Waals surface area contributed by atoms with E-state index in [0.29, 0.717) is 6.54 Å². The molecule has 2 aromatic carbocycles. The number of benzene rings is 2. The monoisotopic (exact) mass is 585 g/mol. The summed E-state index contributed by atoms with van der Waals surface area (Å²) >= 11 is 6.42. The number of pyridine rings is 2. The average Bonchev–Trinajstić information content (AvgIpc) is 3.11. The van der Waals surface area contributed by atoms with Gasteiger partial charge in [-0.25, -0.2) is 0 Å². The molecule has 9 heteroatoms. The Bertz CT molecular complexity index is 2350. The number of nitrogens with one attached hydrogen (secondary N) is 1. The highest BCUT2D eigenvalue weighted by atomic mass is 35.5. The van der Waals surface area contributed by atoms with Gasteiger partial charge in [0.05, 0.1) is 51.9 Å². The molecule has 0 spiro atoms. The summed E-state index contributed by atoms with van der Waals surface area (Å²) in [5.41, 5.74) is -3.83. The Labute approximate surface area is 267 Å². The molecule has 1 N–H and O–H groups in total. The van der Waals surface area contributed by atoms with Crippen molar-refractivity contribution in [2.24, 2.45) is 0 Å². The number of allylic oxidation sites excluding steroid dienone is 1. The Hall–Kier alpha value is -4.45. The Morgan fingerprint density at radius 3 is 2.88 bits per heavy atom. The number of ketones is 1. The summed E-state index contributed by atoms with van der Waals surface area (Å²) in [7, 11) is 3.45. The van der Waals surface area contributed by atoms with Crippen LogP contribution in [0.4, 0.5) is 11.4 Å². The van der Waals surface area contributed by atoms with E-state index >= 15 is 0 Å². The molecular weight excluding hydrogens is 538 g/mol. The highest BCUT2D eigenvalue weighted by Gasteiger charge is 2.16. The molecular formula is C32H32ClN5O3. The molecule has 0 amide bonds. The van der Waals surface area contributed by atoms with Gasteiger partial charge in [-0.1, -0.05) is 23.7 Å². The first kappa shape index (κ1) is 15.0. The lowest BCUT2D eigenvalue weighted by atomic mass is 10.0. The molecule has 0 unspecified atom stereocenters. The van der Waals surface area contributed by atoms with Crippen LogP contribution in [-0.4, -0.2) is 47.9 Å². The lowest BCUT2D eigenvalue weighted by Crippen LogP contribution is -2.11. The molecule has 2 aromatic heterocycles. The van der Waals surface area contributed by atoms with E-state index in [4.69, 9.17) is 43.0 Å². The largest absolute Gasteiger partial charge is 0.494 e. The summed E-state index contributed by atoms with van der Waals surface area (Å²) in [5, 5.41) is 11.4. The Balaban J connectivity index is 1.99. The van der Waals surface area contributed by atoms with Crippen LogP contribution in [0.25, 0.3) is 10.9 Å². The zero-order valence-electron chi connectivity index (χ0n) is 38.0. The fraction of sp³-hybridized carbons (Fsp3) is 0.250. The maximum atomic E-state index is 13.1. The normalized spacial score (nSPS) is 17.8. The van der Waals surface area contributed by atoms with Crippen molar-refractivity contribution in [2.45, 2.75) is 26.8 Å². The quantitative estimate of drug-likeness (QED) is 0.190. The fourth-order valence-corrected chi connectivity index (χ4v) is 3.53. The third-order valence-corrected chi connectivity index (χ3v) is 5.39. The summed E-state index contributed by atoms with van der Waals surface area (Å²) in [6, 6.07) is -4.51. The first-order chi connectivity index (χ1) is 26.2. The van der Waals surface area contributed by atoms with E-state index in [-0.39, 0.29) is 5.69 Å². The van der Waals surface area contributed by atoms with Crippen molar-refractivity contribution in [2.75, 3.05) is 32.5 Å². The van der Waals surface area contributed by atoms with Crippen LogP contribution < -0.4 is 14.8 Å². The van der Waals surface area contributed by atoms with Gasteiger partial charge in [0, 0.05) is 51.6 Å². The fourth-order valence-electron chi connectivity index (χ4n) is 3.35. The summed E-state index contributed by atoms with van der Waals surface area (Å²) in [6.07, 6.45) is 1.01. The van der Waals surface area contributed by atoms with Crippen molar-refractivity contribution in [3.63, 3.8) is 0 Å². The Morgan fingerprint density at radius 1 is 1.24 bits per heavy atom. The minimum absolute atomic E-state index is 0.114. The number of ether oxygens (including phenoxy) is 2. The van der Waals surface area contributed by atoms with Crippen molar-refractivity contribution in [1.82, 2.24) is 14.9 Å². The van der Waals surface area contributed by atoms with Crippen LogP contribution >= 0.6 is 11.6 Å². The van der Waals surface area contributed by atoms with E-state index in [9.17, 15) is 10.1 Å². The van der Waals surface area contributed by atoms with Gasteiger partial charge in [0.25, 0.3) is 0 Å². The number of carbonyl (C=O) groups is 1. The SMILES string of the molecule is [2H]c1nc2c([2H])c(OC([2H])([2H])C([2H])([2H])[2H])c(CC(=O)/C=C/CN(C)C)c([2H])c2c(Nc2c([2H])c([2H])c(OC([2H])([2H])c3nc(C)c([2H])c([2H])c3[2H])c(Cl)c2[2H])c1C#N. The van der Waals surface area contributed by atoms with E-state index in [1.807, 2.05) is 0 Å². The number of likely N-dealkylation sites (N-methyl/N-ethyl adjacent to an activating group) is 1.